The second kappa shape index (κ2) is 6.80. The first-order chi connectivity index (χ1) is 12.6. The molecule has 0 aliphatic heterocycles. The highest BCUT2D eigenvalue weighted by Gasteiger charge is 2.13. The first kappa shape index (κ1) is 16.6. The largest absolute Gasteiger partial charge is 0.494 e. The number of fused-ring (bicyclic) bond motifs is 1. The summed E-state index contributed by atoms with van der Waals surface area (Å²) in [6.07, 6.45) is 0. The fourth-order valence-electron chi connectivity index (χ4n) is 2.90. The van der Waals surface area contributed by atoms with E-state index < -0.39 is 0 Å². The van der Waals surface area contributed by atoms with Crippen LogP contribution in [0.15, 0.2) is 47.8 Å². The summed E-state index contributed by atoms with van der Waals surface area (Å²) in [5.74, 6) is 1.74. The Morgan fingerprint density at radius 1 is 1.12 bits per heavy atom. The van der Waals surface area contributed by atoms with E-state index in [0.717, 1.165) is 39.1 Å². The highest BCUT2D eigenvalue weighted by Crippen LogP contribution is 2.29. The molecule has 2 aromatic heterocycles. The van der Waals surface area contributed by atoms with Gasteiger partial charge in [-0.2, -0.15) is 0 Å². The van der Waals surface area contributed by atoms with Crippen LogP contribution in [0.3, 0.4) is 0 Å². The van der Waals surface area contributed by atoms with E-state index >= 15 is 0 Å². The van der Waals surface area contributed by atoms with Crippen molar-refractivity contribution in [1.29, 1.82) is 0 Å². The van der Waals surface area contributed by atoms with Gasteiger partial charge in [-0.25, -0.2) is 9.97 Å². The molecule has 0 atom stereocenters. The number of nitrogens with zero attached hydrogens (tertiary/aromatic N) is 3. The average molecular weight is 364 g/mol. The van der Waals surface area contributed by atoms with Crippen LogP contribution >= 0.6 is 11.3 Å². The highest BCUT2D eigenvalue weighted by atomic mass is 32.1. The number of anilines is 2. The number of ether oxygens (including phenoxy) is 1. The number of aromatic nitrogens is 3. The van der Waals surface area contributed by atoms with Gasteiger partial charge in [0.2, 0.25) is 0 Å². The van der Waals surface area contributed by atoms with Crippen LogP contribution in [0, 0.1) is 6.92 Å². The molecule has 6 heteroatoms. The molecule has 4 aromatic rings. The number of imidazole rings is 1. The molecule has 2 aromatic carbocycles. The van der Waals surface area contributed by atoms with Crippen molar-refractivity contribution in [1.82, 2.24) is 14.5 Å². The van der Waals surface area contributed by atoms with Gasteiger partial charge in [0, 0.05) is 18.1 Å². The zero-order valence-electron chi connectivity index (χ0n) is 15.0. The van der Waals surface area contributed by atoms with E-state index in [1.54, 1.807) is 11.3 Å². The fourth-order valence-corrected chi connectivity index (χ4v) is 3.61. The summed E-state index contributed by atoms with van der Waals surface area (Å²) in [7, 11) is 2.03. The lowest BCUT2D eigenvalue weighted by Gasteiger charge is -2.05. The second-order valence-electron chi connectivity index (χ2n) is 6.11. The summed E-state index contributed by atoms with van der Waals surface area (Å²) >= 11 is 1.57. The summed E-state index contributed by atoms with van der Waals surface area (Å²) in [6.45, 7) is 4.72. The van der Waals surface area contributed by atoms with E-state index in [9.17, 15) is 0 Å². The van der Waals surface area contributed by atoms with Crippen molar-refractivity contribution in [2.24, 2.45) is 7.05 Å². The van der Waals surface area contributed by atoms with Crippen LogP contribution < -0.4 is 10.1 Å². The summed E-state index contributed by atoms with van der Waals surface area (Å²) < 4.78 is 7.56. The average Bonchev–Trinajstić information content (AvgIpc) is 3.21. The minimum Gasteiger partial charge on any atom is -0.494 e. The van der Waals surface area contributed by atoms with Crippen molar-refractivity contribution in [3.8, 4) is 17.3 Å². The van der Waals surface area contributed by atoms with Gasteiger partial charge < -0.3 is 14.6 Å². The number of rotatable bonds is 5. The predicted octanol–water partition coefficient (Wildman–Crippen LogP) is 5.15. The number of hydrogen-bond acceptors (Lipinski definition) is 5. The van der Waals surface area contributed by atoms with E-state index in [1.165, 1.54) is 5.56 Å². The molecule has 5 nitrogen and oxygen atoms in total. The minimum absolute atomic E-state index is 0.667. The molecule has 0 saturated carbocycles. The Hall–Kier alpha value is -2.86. The van der Waals surface area contributed by atoms with Gasteiger partial charge in [0.05, 0.1) is 17.6 Å². The Morgan fingerprint density at radius 2 is 1.92 bits per heavy atom. The van der Waals surface area contributed by atoms with E-state index in [-0.39, 0.29) is 0 Å². The van der Waals surface area contributed by atoms with Gasteiger partial charge in [0.25, 0.3) is 0 Å². The van der Waals surface area contributed by atoms with Gasteiger partial charge in [0.15, 0.2) is 11.0 Å². The Kier molecular flexibility index (Phi) is 4.34. The third kappa shape index (κ3) is 3.15. The lowest BCUT2D eigenvalue weighted by atomic mass is 10.2. The highest BCUT2D eigenvalue weighted by molar-refractivity contribution is 7.14. The third-order valence-corrected chi connectivity index (χ3v) is 4.94. The minimum atomic E-state index is 0.667. The van der Waals surface area contributed by atoms with Crippen LogP contribution in [0.5, 0.6) is 5.75 Å². The van der Waals surface area contributed by atoms with Gasteiger partial charge in [-0.3, -0.25) is 0 Å². The van der Waals surface area contributed by atoms with Crippen LogP contribution in [-0.2, 0) is 7.05 Å². The molecular weight excluding hydrogens is 344 g/mol. The third-order valence-electron chi connectivity index (χ3n) is 4.19. The van der Waals surface area contributed by atoms with Crippen LogP contribution in [0.1, 0.15) is 12.5 Å². The molecule has 0 saturated heterocycles. The zero-order chi connectivity index (χ0) is 18.1. The lowest BCUT2D eigenvalue weighted by molar-refractivity contribution is 0.340. The number of thiazole rings is 1. The summed E-state index contributed by atoms with van der Waals surface area (Å²) in [5.41, 5.74) is 5.17. The molecule has 1 N–H and O–H groups in total. The van der Waals surface area contributed by atoms with Crippen molar-refractivity contribution in [3.05, 3.63) is 53.4 Å². The molecule has 0 fully saturated rings. The van der Waals surface area contributed by atoms with Crippen molar-refractivity contribution in [2.75, 3.05) is 11.9 Å². The SMILES string of the molecule is CCOc1ccc(Nc2nc(-c3nc4cc(C)ccc4n3C)cs2)cc1. The molecule has 26 heavy (non-hydrogen) atoms. The van der Waals surface area contributed by atoms with Crippen LogP contribution in [0.4, 0.5) is 10.8 Å². The number of nitrogens with one attached hydrogen (secondary N) is 1. The molecule has 0 aliphatic rings. The quantitative estimate of drug-likeness (QED) is 0.532. The molecule has 0 aliphatic carbocycles. The van der Waals surface area contributed by atoms with E-state index in [4.69, 9.17) is 14.7 Å². The molecule has 132 valence electrons. The monoisotopic (exact) mass is 364 g/mol. The first-order valence-corrected chi connectivity index (χ1v) is 9.41. The summed E-state index contributed by atoms with van der Waals surface area (Å²) in [5, 5.41) is 6.21. The zero-order valence-corrected chi connectivity index (χ0v) is 15.8. The number of hydrogen-bond donors (Lipinski definition) is 1. The van der Waals surface area contributed by atoms with Crippen LogP contribution in [0.25, 0.3) is 22.6 Å². The van der Waals surface area contributed by atoms with Gasteiger partial charge >= 0.3 is 0 Å². The first-order valence-electron chi connectivity index (χ1n) is 8.53. The Balaban J connectivity index is 1.59. The molecule has 0 spiro atoms. The molecule has 2 heterocycles. The van der Waals surface area contributed by atoms with Crippen molar-refractivity contribution < 1.29 is 4.74 Å². The Morgan fingerprint density at radius 3 is 2.69 bits per heavy atom. The predicted molar refractivity (Wildman–Crippen MR) is 107 cm³/mol. The normalized spacial score (nSPS) is 11.0. The molecule has 4 rings (SSSR count). The summed E-state index contributed by atoms with van der Waals surface area (Å²) in [6, 6.07) is 14.2. The molecule has 0 radical (unpaired) electrons. The standard InChI is InChI=1S/C20H20N4OS/c1-4-25-15-8-6-14(7-9-15)21-20-23-17(12-26-20)19-22-16-11-13(2)5-10-18(16)24(19)3/h5-12H,4H2,1-3H3,(H,21,23). The number of benzene rings is 2. The Bertz CT molecular complexity index is 1050. The van der Waals surface area contributed by atoms with Crippen molar-refractivity contribution in [2.45, 2.75) is 13.8 Å². The molecule has 0 amide bonds. The van der Waals surface area contributed by atoms with Crippen molar-refractivity contribution >= 4 is 33.2 Å². The van der Waals surface area contributed by atoms with Gasteiger partial charge in [-0.1, -0.05) is 6.07 Å². The summed E-state index contributed by atoms with van der Waals surface area (Å²) in [4.78, 5) is 9.46. The number of aryl methyl sites for hydroxylation is 2. The van der Waals surface area contributed by atoms with Gasteiger partial charge in [0.1, 0.15) is 11.4 Å². The van der Waals surface area contributed by atoms with E-state index in [2.05, 4.69) is 35.0 Å². The Labute approximate surface area is 156 Å². The topological polar surface area (TPSA) is 52.0 Å². The fraction of sp³-hybridized carbons (Fsp3) is 0.200. The molecule has 0 unspecified atom stereocenters. The van der Waals surface area contributed by atoms with Gasteiger partial charge in [-0.05, 0) is 55.8 Å². The van der Waals surface area contributed by atoms with Crippen LogP contribution in [0.2, 0.25) is 0 Å². The maximum Gasteiger partial charge on any atom is 0.187 e. The second-order valence-corrected chi connectivity index (χ2v) is 6.96. The van der Waals surface area contributed by atoms with E-state index in [1.807, 2.05) is 43.6 Å². The molecule has 0 bridgehead atoms. The smallest absolute Gasteiger partial charge is 0.187 e. The van der Waals surface area contributed by atoms with Crippen molar-refractivity contribution in [3.63, 3.8) is 0 Å². The van der Waals surface area contributed by atoms with Gasteiger partial charge in [-0.15, -0.1) is 11.3 Å². The lowest BCUT2D eigenvalue weighted by Crippen LogP contribution is -1.94. The maximum absolute atomic E-state index is 5.47. The maximum atomic E-state index is 5.47. The van der Waals surface area contributed by atoms with E-state index in [0.29, 0.717) is 6.61 Å². The molecular formula is C20H20N4OS. The van der Waals surface area contributed by atoms with Crippen LogP contribution in [-0.4, -0.2) is 21.1 Å².